The molecule has 1 heterocycles. The van der Waals surface area contributed by atoms with Crippen molar-refractivity contribution in [1.82, 2.24) is 4.72 Å². The Bertz CT molecular complexity index is 916. The summed E-state index contributed by atoms with van der Waals surface area (Å²) >= 11 is 0. The van der Waals surface area contributed by atoms with Crippen LogP contribution in [0.3, 0.4) is 0 Å². The summed E-state index contributed by atoms with van der Waals surface area (Å²) in [6.07, 6.45) is 4.12. The first-order valence-electron chi connectivity index (χ1n) is 9.45. The SMILES string of the molecule is Cc1ccc(S(=O)(=O)NCC2(c3ccc4c(c3)OCCO4)CCCC2)cc1. The van der Waals surface area contributed by atoms with Crippen LogP contribution in [0.1, 0.15) is 36.8 Å². The van der Waals surface area contributed by atoms with Crippen LogP contribution in [0.2, 0.25) is 0 Å². The first kappa shape index (κ1) is 18.3. The van der Waals surface area contributed by atoms with E-state index < -0.39 is 10.0 Å². The maximum atomic E-state index is 12.8. The van der Waals surface area contributed by atoms with Crippen molar-refractivity contribution in [3.05, 3.63) is 53.6 Å². The van der Waals surface area contributed by atoms with Gasteiger partial charge >= 0.3 is 0 Å². The summed E-state index contributed by atoms with van der Waals surface area (Å²) in [4.78, 5) is 0.309. The number of rotatable bonds is 5. The van der Waals surface area contributed by atoms with Crippen molar-refractivity contribution < 1.29 is 17.9 Å². The van der Waals surface area contributed by atoms with E-state index in [-0.39, 0.29) is 5.41 Å². The lowest BCUT2D eigenvalue weighted by Gasteiger charge is -2.31. The van der Waals surface area contributed by atoms with Gasteiger partial charge in [-0.05, 0) is 49.6 Å². The predicted molar refractivity (Wildman–Crippen MR) is 104 cm³/mol. The third-order valence-electron chi connectivity index (χ3n) is 5.65. The van der Waals surface area contributed by atoms with E-state index in [1.807, 2.05) is 31.2 Å². The van der Waals surface area contributed by atoms with E-state index in [2.05, 4.69) is 10.8 Å². The van der Waals surface area contributed by atoms with Crippen molar-refractivity contribution in [3.63, 3.8) is 0 Å². The van der Waals surface area contributed by atoms with Crippen molar-refractivity contribution in [1.29, 1.82) is 0 Å². The van der Waals surface area contributed by atoms with Crippen molar-refractivity contribution in [2.75, 3.05) is 19.8 Å². The van der Waals surface area contributed by atoms with Crippen molar-refractivity contribution in [3.8, 4) is 11.5 Å². The average Bonchev–Trinajstić information content (AvgIpc) is 3.17. The maximum absolute atomic E-state index is 12.8. The highest BCUT2D eigenvalue weighted by atomic mass is 32.2. The van der Waals surface area contributed by atoms with Gasteiger partial charge in [-0.15, -0.1) is 0 Å². The van der Waals surface area contributed by atoms with E-state index in [9.17, 15) is 8.42 Å². The molecular weight excluding hydrogens is 362 g/mol. The molecule has 5 nitrogen and oxygen atoms in total. The average molecular weight is 388 g/mol. The molecule has 0 atom stereocenters. The third-order valence-corrected chi connectivity index (χ3v) is 7.06. The minimum absolute atomic E-state index is 0.201. The topological polar surface area (TPSA) is 64.6 Å². The van der Waals surface area contributed by atoms with Gasteiger partial charge in [-0.3, -0.25) is 0 Å². The van der Waals surface area contributed by atoms with E-state index in [0.717, 1.165) is 48.3 Å². The fraction of sp³-hybridized carbons (Fsp3) is 0.429. The van der Waals surface area contributed by atoms with Gasteiger partial charge in [0.1, 0.15) is 13.2 Å². The zero-order valence-electron chi connectivity index (χ0n) is 15.5. The Morgan fingerprint density at radius 2 is 1.63 bits per heavy atom. The molecule has 0 saturated heterocycles. The third kappa shape index (κ3) is 3.69. The van der Waals surface area contributed by atoms with E-state index >= 15 is 0 Å². The van der Waals surface area contributed by atoms with Crippen LogP contribution in [0.25, 0.3) is 0 Å². The molecule has 1 aliphatic carbocycles. The lowest BCUT2D eigenvalue weighted by molar-refractivity contribution is 0.171. The lowest BCUT2D eigenvalue weighted by atomic mass is 9.79. The molecule has 0 aromatic heterocycles. The molecule has 0 unspecified atom stereocenters. The van der Waals surface area contributed by atoms with Crippen LogP contribution in [-0.4, -0.2) is 28.2 Å². The van der Waals surface area contributed by atoms with Crippen LogP contribution < -0.4 is 14.2 Å². The van der Waals surface area contributed by atoms with E-state index in [1.54, 1.807) is 12.1 Å². The number of hydrogen-bond acceptors (Lipinski definition) is 4. The summed E-state index contributed by atoms with van der Waals surface area (Å²) in [6, 6.07) is 13.0. The number of ether oxygens (including phenoxy) is 2. The van der Waals surface area contributed by atoms with Gasteiger partial charge in [0.25, 0.3) is 0 Å². The second-order valence-electron chi connectivity index (χ2n) is 7.48. The van der Waals surface area contributed by atoms with Gasteiger partial charge in [-0.25, -0.2) is 13.1 Å². The summed E-state index contributed by atoms with van der Waals surface area (Å²) in [6.45, 7) is 3.44. The van der Waals surface area contributed by atoms with Crippen LogP contribution in [0.5, 0.6) is 11.5 Å². The van der Waals surface area contributed by atoms with E-state index in [0.29, 0.717) is 24.7 Å². The van der Waals surface area contributed by atoms with Crippen LogP contribution >= 0.6 is 0 Å². The molecular formula is C21H25NO4S. The molecule has 2 aromatic carbocycles. The smallest absolute Gasteiger partial charge is 0.240 e. The highest BCUT2D eigenvalue weighted by Gasteiger charge is 2.37. The van der Waals surface area contributed by atoms with E-state index in [1.165, 1.54) is 0 Å². The van der Waals surface area contributed by atoms with Crippen LogP contribution in [0, 0.1) is 6.92 Å². The second-order valence-corrected chi connectivity index (χ2v) is 9.25. The fourth-order valence-electron chi connectivity index (χ4n) is 4.03. The Kier molecular flexibility index (Phi) is 4.86. The molecule has 2 aliphatic rings. The first-order valence-corrected chi connectivity index (χ1v) is 10.9. The Balaban J connectivity index is 1.58. The summed E-state index contributed by atoms with van der Waals surface area (Å²) < 4.78 is 39.7. The first-order chi connectivity index (χ1) is 13.0. The summed E-state index contributed by atoms with van der Waals surface area (Å²) in [5.41, 5.74) is 1.96. The zero-order valence-corrected chi connectivity index (χ0v) is 16.3. The second kappa shape index (κ2) is 7.17. The standard InChI is InChI=1S/C21H25NO4S/c1-16-4-7-18(8-5-16)27(23,24)22-15-21(10-2-3-11-21)17-6-9-19-20(14-17)26-13-12-25-19/h4-9,14,22H,2-3,10-13,15H2,1H3. The van der Waals surface area contributed by atoms with Gasteiger partial charge in [0.15, 0.2) is 11.5 Å². The van der Waals surface area contributed by atoms with E-state index in [4.69, 9.17) is 9.47 Å². The van der Waals surface area contributed by atoms with Crippen molar-refractivity contribution in [2.24, 2.45) is 0 Å². The minimum Gasteiger partial charge on any atom is -0.486 e. The molecule has 27 heavy (non-hydrogen) atoms. The number of hydrogen-bond donors (Lipinski definition) is 1. The number of fused-ring (bicyclic) bond motifs is 1. The molecule has 2 aromatic rings. The summed E-state index contributed by atoms with van der Waals surface area (Å²) in [7, 11) is -3.53. The highest BCUT2D eigenvalue weighted by Crippen LogP contribution is 2.44. The quantitative estimate of drug-likeness (QED) is 0.852. The normalized spacial score (nSPS) is 18.4. The Morgan fingerprint density at radius 1 is 0.963 bits per heavy atom. The molecule has 1 saturated carbocycles. The predicted octanol–water partition coefficient (Wildman–Crippen LogP) is 3.56. The molecule has 144 valence electrons. The molecule has 0 radical (unpaired) electrons. The van der Waals surface area contributed by atoms with Gasteiger partial charge in [0.05, 0.1) is 4.90 Å². The molecule has 1 fully saturated rings. The van der Waals surface area contributed by atoms with Crippen LogP contribution in [0.4, 0.5) is 0 Å². The molecule has 6 heteroatoms. The van der Waals surface area contributed by atoms with Gasteiger partial charge in [-0.1, -0.05) is 36.6 Å². The molecule has 0 spiro atoms. The summed E-state index contributed by atoms with van der Waals surface area (Å²) in [5, 5.41) is 0. The minimum atomic E-state index is -3.53. The van der Waals surface area contributed by atoms with Crippen LogP contribution in [0.15, 0.2) is 47.4 Å². The van der Waals surface area contributed by atoms with Crippen molar-refractivity contribution in [2.45, 2.75) is 42.9 Å². The Morgan fingerprint density at radius 3 is 2.33 bits per heavy atom. The van der Waals surface area contributed by atoms with Gasteiger partial charge in [0.2, 0.25) is 10.0 Å². The maximum Gasteiger partial charge on any atom is 0.240 e. The Hall–Kier alpha value is -2.05. The number of benzene rings is 2. The van der Waals surface area contributed by atoms with Crippen molar-refractivity contribution >= 4 is 10.0 Å². The van der Waals surface area contributed by atoms with Gasteiger partial charge in [0, 0.05) is 12.0 Å². The van der Waals surface area contributed by atoms with Gasteiger partial charge < -0.3 is 9.47 Å². The summed E-state index contributed by atoms with van der Waals surface area (Å²) in [5.74, 6) is 1.52. The largest absolute Gasteiger partial charge is 0.486 e. The monoisotopic (exact) mass is 387 g/mol. The van der Waals surface area contributed by atoms with Crippen LogP contribution in [-0.2, 0) is 15.4 Å². The number of sulfonamides is 1. The number of nitrogens with one attached hydrogen (secondary N) is 1. The Labute approximate surface area is 160 Å². The molecule has 0 amide bonds. The lowest BCUT2D eigenvalue weighted by Crippen LogP contribution is -2.39. The molecule has 1 N–H and O–H groups in total. The molecule has 4 rings (SSSR count). The van der Waals surface area contributed by atoms with Gasteiger partial charge in [-0.2, -0.15) is 0 Å². The molecule has 1 aliphatic heterocycles. The molecule has 0 bridgehead atoms. The zero-order chi connectivity index (χ0) is 18.9. The fourth-order valence-corrected chi connectivity index (χ4v) is 5.15. The highest BCUT2D eigenvalue weighted by molar-refractivity contribution is 7.89. The number of aryl methyl sites for hydroxylation is 1.